The Morgan fingerprint density at radius 2 is 0.764 bits per heavy atom. The first kappa shape index (κ1) is 40.8. The van der Waals surface area contributed by atoms with Gasteiger partial charge in [0.1, 0.15) is 5.69 Å². The Balaban J connectivity index is 0.952. The summed E-state index contributed by atoms with van der Waals surface area (Å²) >= 11 is 0. The smallest absolute Gasteiger partial charge is 0.182 e. The number of nitrogens with zero attached hydrogens (tertiary/aromatic N) is 12. The molecule has 72 heavy (non-hydrogen) atoms. The highest BCUT2D eigenvalue weighted by atomic mass is 15.1. The fourth-order valence-electron chi connectivity index (χ4n) is 9.67. The van der Waals surface area contributed by atoms with E-state index in [-0.39, 0.29) is 0 Å². The van der Waals surface area contributed by atoms with Gasteiger partial charge in [-0.25, -0.2) is 29.9 Å². The molecule has 0 bridgehead atoms. The van der Waals surface area contributed by atoms with Crippen molar-refractivity contribution in [3.8, 4) is 90.8 Å². The quantitative estimate of drug-likeness (QED) is 0.133. The number of hydrogen-bond donors (Lipinski definition) is 0. The van der Waals surface area contributed by atoms with Crippen molar-refractivity contribution in [3.63, 3.8) is 0 Å². The molecule has 12 heteroatoms. The molecule has 0 unspecified atom stereocenters. The van der Waals surface area contributed by atoms with Gasteiger partial charge in [-0.3, -0.25) is 29.9 Å². The molecule has 0 N–H and O–H groups in total. The van der Waals surface area contributed by atoms with Gasteiger partial charge in [0.05, 0.1) is 27.8 Å². The highest BCUT2D eigenvalue weighted by Crippen LogP contribution is 2.43. The molecule has 0 fully saturated rings. The maximum atomic E-state index is 5.24. The molecular formula is C60H34N12. The van der Waals surface area contributed by atoms with Gasteiger partial charge in [0.2, 0.25) is 0 Å². The predicted octanol–water partition coefficient (Wildman–Crippen LogP) is 13.0. The molecule has 0 radical (unpaired) electrons. The molecule has 0 amide bonds. The second kappa shape index (κ2) is 16.8. The SMILES string of the molecule is c1ccc(-c2ccc(-c3nc(-c4ccc5ccc6c(-c7nc(-c8ccc(-c9ccccn9)cc8)nc(-c8cccc9nccnc89)n7)ccc7ccc4c5c76)nc(-c4cccc5nccnc45)n3)nc2)cc1. The summed E-state index contributed by atoms with van der Waals surface area (Å²) < 4.78 is 0. The third kappa shape index (κ3) is 7.01. The number of fused-ring (bicyclic) bond motifs is 2. The summed E-state index contributed by atoms with van der Waals surface area (Å²) in [6.07, 6.45) is 10.4. The van der Waals surface area contributed by atoms with E-state index in [1.807, 2.05) is 115 Å². The Morgan fingerprint density at radius 1 is 0.250 bits per heavy atom. The number of rotatable bonds is 8. The van der Waals surface area contributed by atoms with Gasteiger partial charge in [-0.05, 0) is 92.5 Å². The molecule has 14 aromatic rings. The van der Waals surface area contributed by atoms with Crippen LogP contribution in [0.2, 0.25) is 0 Å². The first-order valence-corrected chi connectivity index (χ1v) is 23.3. The molecule has 0 saturated carbocycles. The van der Waals surface area contributed by atoms with Crippen LogP contribution >= 0.6 is 0 Å². The second-order valence-electron chi connectivity index (χ2n) is 17.3. The summed E-state index contributed by atoms with van der Waals surface area (Å²) in [5.41, 5.74) is 11.5. The molecule has 8 aromatic carbocycles. The van der Waals surface area contributed by atoms with Crippen LogP contribution in [-0.2, 0) is 0 Å². The first-order valence-electron chi connectivity index (χ1n) is 23.3. The Hall–Kier alpha value is -10.2. The fourth-order valence-corrected chi connectivity index (χ4v) is 9.67. The van der Waals surface area contributed by atoms with E-state index in [4.69, 9.17) is 44.9 Å². The van der Waals surface area contributed by atoms with Gasteiger partial charge in [0, 0.05) is 76.1 Å². The predicted molar refractivity (Wildman–Crippen MR) is 282 cm³/mol. The third-order valence-corrected chi connectivity index (χ3v) is 13.1. The minimum absolute atomic E-state index is 0.438. The number of aromatic nitrogens is 12. The molecule has 0 spiro atoms. The van der Waals surface area contributed by atoms with Crippen molar-refractivity contribution in [2.24, 2.45) is 0 Å². The highest BCUT2D eigenvalue weighted by Gasteiger charge is 2.22. The van der Waals surface area contributed by atoms with Crippen LogP contribution in [0, 0.1) is 0 Å². The van der Waals surface area contributed by atoms with E-state index in [1.54, 1.807) is 31.0 Å². The first-order chi connectivity index (χ1) is 35.7. The zero-order valence-corrected chi connectivity index (χ0v) is 38.0. The largest absolute Gasteiger partial charge is 0.256 e. The molecule has 334 valence electrons. The summed E-state index contributed by atoms with van der Waals surface area (Å²) in [6, 6.07) is 57.1. The normalized spacial score (nSPS) is 11.6. The van der Waals surface area contributed by atoms with Crippen LogP contribution in [0.3, 0.4) is 0 Å². The van der Waals surface area contributed by atoms with E-state index >= 15 is 0 Å². The Kier molecular flexibility index (Phi) is 9.52. The average molecular weight is 923 g/mol. The molecule has 6 heterocycles. The molecule has 0 aliphatic heterocycles. The lowest BCUT2D eigenvalue weighted by atomic mass is 9.89. The number of benzene rings is 8. The monoisotopic (exact) mass is 922 g/mol. The van der Waals surface area contributed by atoms with E-state index in [0.717, 1.165) is 93.6 Å². The molecule has 0 aliphatic rings. The molecule has 14 rings (SSSR count). The fraction of sp³-hybridized carbons (Fsp3) is 0. The van der Waals surface area contributed by atoms with Crippen molar-refractivity contribution < 1.29 is 0 Å². The van der Waals surface area contributed by atoms with E-state index < -0.39 is 0 Å². The molecule has 0 saturated heterocycles. The summed E-state index contributed by atoms with van der Waals surface area (Å²) in [5.74, 6) is 2.95. The minimum atomic E-state index is 0.438. The van der Waals surface area contributed by atoms with Crippen molar-refractivity contribution >= 4 is 54.4 Å². The van der Waals surface area contributed by atoms with Gasteiger partial charge >= 0.3 is 0 Å². The highest BCUT2D eigenvalue weighted by molar-refractivity contribution is 6.27. The molecule has 12 nitrogen and oxygen atoms in total. The summed E-state index contributed by atoms with van der Waals surface area (Å²) in [5, 5.41) is 6.25. The Morgan fingerprint density at radius 3 is 1.33 bits per heavy atom. The van der Waals surface area contributed by atoms with Crippen LogP contribution in [0.5, 0.6) is 0 Å². The van der Waals surface area contributed by atoms with E-state index in [2.05, 4.69) is 75.6 Å². The Bertz CT molecular complexity index is 4090. The van der Waals surface area contributed by atoms with Gasteiger partial charge < -0.3 is 0 Å². The maximum absolute atomic E-state index is 5.24. The number of hydrogen-bond acceptors (Lipinski definition) is 12. The summed E-state index contributed by atoms with van der Waals surface area (Å²) in [7, 11) is 0. The van der Waals surface area contributed by atoms with Crippen LogP contribution in [0.25, 0.3) is 145 Å². The molecular weight excluding hydrogens is 889 g/mol. The van der Waals surface area contributed by atoms with Crippen LogP contribution in [0.4, 0.5) is 0 Å². The van der Waals surface area contributed by atoms with Crippen LogP contribution in [-0.4, -0.2) is 59.8 Å². The van der Waals surface area contributed by atoms with Gasteiger partial charge in [0.25, 0.3) is 0 Å². The maximum Gasteiger partial charge on any atom is 0.182 e. The van der Waals surface area contributed by atoms with Gasteiger partial charge in [-0.15, -0.1) is 0 Å². The van der Waals surface area contributed by atoms with Crippen LogP contribution < -0.4 is 0 Å². The molecule has 0 atom stereocenters. The van der Waals surface area contributed by atoms with Crippen molar-refractivity contribution in [2.75, 3.05) is 0 Å². The average Bonchev–Trinajstić information content (AvgIpc) is 3.46. The molecule has 0 aliphatic carbocycles. The van der Waals surface area contributed by atoms with Crippen molar-refractivity contribution in [2.45, 2.75) is 0 Å². The van der Waals surface area contributed by atoms with E-state index in [1.165, 1.54) is 0 Å². The van der Waals surface area contributed by atoms with Crippen LogP contribution in [0.1, 0.15) is 0 Å². The zero-order valence-electron chi connectivity index (χ0n) is 38.0. The minimum Gasteiger partial charge on any atom is -0.256 e. The topological polar surface area (TPSA) is 155 Å². The number of para-hydroxylation sites is 2. The van der Waals surface area contributed by atoms with Crippen molar-refractivity contribution in [1.29, 1.82) is 0 Å². The van der Waals surface area contributed by atoms with Crippen molar-refractivity contribution in [3.05, 3.63) is 207 Å². The lowest BCUT2D eigenvalue weighted by Crippen LogP contribution is -2.03. The zero-order chi connectivity index (χ0) is 47.5. The standard InChI is InChI=1S/C60H34N12/c1-2-8-35(9-3-1)40-23-28-50(66-34-40)60-71-57(70-59(72-60)46-11-7-14-49-54(46)65-33-31-63-49)44-27-22-38-19-24-41-43(26-21-37-20-25-42(44)52(38)51(37)41)56-67-55(39-17-15-36(16-18-39)47-12-4-5-29-61-47)68-58(69-56)45-10-6-13-48-53(45)64-32-30-62-48/h1-34H. The lowest BCUT2D eigenvalue weighted by molar-refractivity contribution is 1.06. The third-order valence-electron chi connectivity index (χ3n) is 13.1. The van der Waals surface area contributed by atoms with E-state index in [9.17, 15) is 0 Å². The van der Waals surface area contributed by atoms with Crippen LogP contribution in [0.15, 0.2) is 207 Å². The van der Waals surface area contributed by atoms with Gasteiger partial charge in [-0.1, -0.05) is 115 Å². The van der Waals surface area contributed by atoms with Gasteiger partial charge in [-0.2, -0.15) is 0 Å². The summed E-state index contributed by atoms with van der Waals surface area (Å²) in [6.45, 7) is 0. The second-order valence-corrected chi connectivity index (χ2v) is 17.3. The van der Waals surface area contributed by atoms with Crippen molar-refractivity contribution in [1.82, 2.24) is 59.8 Å². The lowest BCUT2D eigenvalue weighted by Gasteiger charge is -2.16. The summed E-state index contributed by atoms with van der Waals surface area (Å²) in [4.78, 5) is 59.2. The Labute approximate surface area is 410 Å². The van der Waals surface area contributed by atoms with Gasteiger partial charge in [0.15, 0.2) is 34.9 Å². The molecule has 6 aromatic heterocycles. The number of pyridine rings is 2. The van der Waals surface area contributed by atoms with E-state index in [0.29, 0.717) is 51.7 Å².